The predicted octanol–water partition coefficient (Wildman–Crippen LogP) is 5.73. The Balaban J connectivity index is 1.56. The Morgan fingerprint density at radius 1 is 1.05 bits per heavy atom. The summed E-state index contributed by atoms with van der Waals surface area (Å²) in [5.41, 5.74) is 0.697. The Hall–Kier alpha value is -4.19. The molecule has 4 rings (SSSR count). The fraction of sp³-hybridized carbons (Fsp3) is 0.160. The fourth-order valence-corrected chi connectivity index (χ4v) is 4.57. The molecule has 1 heterocycles. The highest BCUT2D eigenvalue weighted by molar-refractivity contribution is 7.98. The number of para-hydroxylation sites is 1. The van der Waals surface area contributed by atoms with Crippen molar-refractivity contribution in [3.8, 4) is 5.69 Å². The number of nitrogens with one attached hydrogen (secondary N) is 1. The second-order valence-corrected chi connectivity index (χ2v) is 8.89. The number of aromatic nitrogens is 3. The zero-order chi connectivity index (χ0) is 26.6. The highest BCUT2D eigenvalue weighted by atomic mass is 32.2. The molecule has 37 heavy (non-hydrogen) atoms. The molecular formula is C25H20F3N5O3S. The molecule has 0 radical (unpaired) electrons. The molecular weight excluding hydrogens is 507 g/mol. The number of benzene rings is 3. The van der Waals surface area contributed by atoms with Gasteiger partial charge in [-0.3, -0.25) is 19.5 Å². The molecule has 1 N–H and O–H groups in total. The van der Waals surface area contributed by atoms with Crippen LogP contribution in [-0.4, -0.2) is 25.6 Å². The van der Waals surface area contributed by atoms with E-state index in [1.807, 2.05) is 30.3 Å². The van der Waals surface area contributed by atoms with Gasteiger partial charge >= 0.3 is 6.18 Å². The minimum absolute atomic E-state index is 0.0347. The van der Waals surface area contributed by atoms with E-state index in [9.17, 15) is 28.1 Å². The number of amides is 1. The summed E-state index contributed by atoms with van der Waals surface area (Å²) in [5.74, 6) is 0.0878. The summed E-state index contributed by atoms with van der Waals surface area (Å²) in [4.78, 5) is 23.5. The van der Waals surface area contributed by atoms with Gasteiger partial charge in [-0.2, -0.15) is 13.2 Å². The Morgan fingerprint density at radius 3 is 2.49 bits per heavy atom. The number of hydrogen-bond donors (Lipinski definition) is 1. The number of nitro benzene ring substituents is 1. The van der Waals surface area contributed by atoms with E-state index in [1.165, 1.54) is 43.0 Å². The Morgan fingerprint density at radius 2 is 1.78 bits per heavy atom. The van der Waals surface area contributed by atoms with Crippen LogP contribution in [0.2, 0.25) is 0 Å². The quantitative estimate of drug-likeness (QED) is 0.179. The maximum absolute atomic E-state index is 13.1. The first-order valence-corrected chi connectivity index (χ1v) is 11.9. The molecule has 0 spiro atoms. The molecule has 0 aliphatic rings. The van der Waals surface area contributed by atoms with Crippen molar-refractivity contribution in [2.75, 3.05) is 0 Å². The van der Waals surface area contributed by atoms with Crippen molar-refractivity contribution in [3.63, 3.8) is 0 Å². The van der Waals surface area contributed by atoms with Crippen molar-refractivity contribution in [3.05, 3.63) is 111 Å². The van der Waals surface area contributed by atoms with Crippen molar-refractivity contribution < 1.29 is 22.9 Å². The summed E-state index contributed by atoms with van der Waals surface area (Å²) in [5, 5.41) is 22.7. The lowest BCUT2D eigenvalue weighted by Crippen LogP contribution is -2.25. The average Bonchev–Trinajstić information content (AvgIpc) is 3.29. The molecule has 0 fully saturated rings. The van der Waals surface area contributed by atoms with Gasteiger partial charge in [0.05, 0.1) is 17.0 Å². The minimum Gasteiger partial charge on any atom is -0.345 e. The molecule has 0 atom stereocenters. The van der Waals surface area contributed by atoms with Crippen LogP contribution < -0.4 is 5.32 Å². The third-order valence-corrected chi connectivity index (χ3v) is 6.49. The molecule has 1 amide bonds. The van der Waals surface area contributed by atoms with Crippen molar-refractivity contribution in [2.24, 2.45) is 0 Å². The normalized spacial score (nSPS) is 11.4. The van der Waals surface area contributed by atoms with Gasteiger partial charge in [-0.1, -0.05) is 54.2 Å². The van der Waals surface area contributed by atoms with Crippen LogP contribution in [0.3, 0.4) is 0 Å². The van der Waals surface area contributed by atoms with Crippen LogP contribution in [0.4, 0.5) is 18.9 Å². The second-order valence-electron chi connectivity index (χ2n) is 7.95. The Bertz CT molecular complexity index is 1440. The monoisotopic (exact) mass is 527 g/mol. The van der Waals surface area contributed by atoms with Gasteiger partial charge < -0.3 is 5.32 Å². The van der Waals surface area contributed by atoms with E-state index in [4.69, 9.17) is 0 Å². The van der Waals surface area contributed by atoms with Crippen molar-refractivity contribution in [1.82, 2.24) is 20.1 Å². The Labute approximate surface area is 213 Å². The largest absolute Gasteiger partial charge is 0.416 e. The summed E-state index contributed by atoms with van der Waals surface area (Å²) in [6, 6.07) is 18.4. The SMILES string of the molecule is Cc1c(C(=O)NCc2nnc(SCc3cccc(C(F)(F)F)c3)n2-c2ccccc2)cccc1[N+](=O)[O-]. The zero-order valence-electron chi connectivity index (χ0n) is 19.4. The van der Waals surface area contributed by atoms with Crippen molar-refractivity contribution in [1.29, 1.82) is 0 Å². The van der Waals surface area contributed by atoms with E-state index in [2.05, 4.69) is 15.5 Å². The average molecular weight is 528 g/mol. The van der Waals surface area contributed by atoms with Gasteiger partial charge in [0.15, 0.2) is 11.0 Å². The number of halogens is 3. The molecule has 4 aromatic rings. The first kappa shape index (κ1) is 25.9. The van der Waals surface area contributed by atoms with E-state index in [-0.39, 0.29) is 29.1 Å². The van der Waals surface area contributed by atoms with Gasteiger partial charge in [0, 0.05) is 28.6 Å². The lowest BCUT2D eigenvalue weighted by molar-refractivity contribution is -0.385. The standard InChI is InChI=1S/C25H20F3N5O3S/c1-16-20(11-6-12-21(16)33(35)36)23(34)29-14-22-30-31-24(32(22)19-9-3-2-4-10-19)37-15-17-7-5-8-18(13-17)25(26,27)28/h2-13H,14-15H2,1H3,(H,29,34). The predicted molar refractivity (Wildman–Crippen MR) is 131 cm³/mol. The molecule has 0 bridgehead atoms. The summed E-state index contributed by atoms with van der Waals surface area (Å²) in [7, 11) is 0. The molecule has 0 unspecified atom stereocenters. The fourth-order valence-electron chi connectivity index (χ4n) is 3.65. The summed E-state index contributed by atoms with van der Waals surface area (Å²) in [6.07, 6.45) is -4.44. The number of carbonyl (C=O) groups is 1. The van der Waals surface area contributed by atoms with E-state index in [0.29, 0.717) is 22.2 Å². The molecule has 8 nitrogen and oxygen atoms in total. The lowest BCUT2D eigenvalue weighted by atomic mass is 10.1. The van der Waals surface area contributed by atoms with Crippen molar-refractivity contribution >= 4 is 23.4 Å². The third kappa shape index (κ3) is 5.97. The smallest absolute Gasteiger partial charge is 0.345 e. The van der Waals surface area contributed by atoms with E-state index in [0.717, 1.165) is 12.1 Å². The maximum Gasteiger partial charge on any atom is 0.416 e. The second kappa shape index (κ2) is 10.8. The van der Waals surface area contributed by atoms with Gasteiger partial charge in [0.25, 0.3) is 11.6 Å². The number of alkyl halides is 3. The number of hydrogen-bond acceptors (Lipinski definition) is 6. The van der Waals surface area contributed by atoms with Gasteiger partial charge in [0.2, 0.25) is 0 Å². The summed E-state index contributed by atoms with van der Waals surface area (Å²) in [6.45, 7) is 1.47. The minimum atomic E-state index is -4.44. The topological polar surface area (TPSA) is 103 Å². The molecule has 0 saturated carbocycles. The van der Waals surface area contributed by atoms with Crippen LogP contribution in [0.25, 0.3) is 5.69 Å². The Kier molecular flexibility index (Phi) is 7.58. The van der Waals surface area contributed by atoms with Gasteiger partial charge in [-0.05, 0) is 36.8 Å². The highest BCUT2D eigenvalue weighted by Crippen LogP contribution is 2.31. The van der Waals surface area contributed by atoms with Crippen LogP contribution in [-0.2, 0) is 18.5 Å². The molecule has 190 valence electrons. The van der Waals surface area contributed by atoms with Gasteiger partial charge in [-0.15, -0.1) is 10.2 Å². The summed E-state index contributed by atoms with van der Waals surface area (Å²) >= 11 is 1.21. The number of thioether (sulfide) groups is 1. The van der Waals surface area contributed by atoms with Crippen molar-refractivity contribution in [2.45, 2.75) is 30.6 Å². The number of nitrogens with zero attached hydrogens (tertiary/aromatic N) is 4. The molecule has 12 heteroatoms. The van der Waals surface area contributed by atoms with E-state index in [1.54, 1.807) is 10.6 Å². The first-order valence-electron chi connectivity index (χ1n) is 11.0. The molecule has 0 saturated heterocycles. The molecule has 0 aliphatic carbocycles. The summed E-state index contributed by atoms with van der Waals surface area (Å²) < 4.78 is 40.9. The van der Waals surface area contributed by atoms with Gasteiger partial charge in [0.1, 0.15) is 0 Å². The van der Waals surface area contributed by atoms with Crippen LogP contribution in [0, 0.1) is 17.0 Å². The number of nitro groups is 1. The van der Waals surface area contributed by atoms with Crippen LogP contribution in [0.5, 0.6) is 0 Å². The third-order valence-electron chi connectivity index (χ3n) is 5.49. The van der Waals surface area contributed by atoms with Crippen LogP contribution >= 0.6 is 11.8 Å². The van der Waals surface area contributed by atoms with E-state index >= 15 is 0 Å². The molecule has 0 aliphatic heterocycles. The van der Waals surface area contributed by atoms with E-state index < -0.39 is 22.6 Å². The number of rotatable bonds is 8. The van der Waals surface area contributed by atoms with Gasteiger partial charge in [-0.25, -0.2) is 0 Å². The zero-order valence-corrected chi connectivity index (χ0v) is 20.2. The lowest BCUT2D eigenvalue weighted by Gasteiger charge is -2.12. The highest BCUT2D eigenvalue weighted by Gasteiger charge is 2.30. The number of carbonyl (C=O) groups excluding carboxylic acids is 1. The van der Waals surface area contributed by atoms with Crippen LogP contribution in [0.1, 0.15) is 32.9 Å². The first-order chi connectivity index (χ1) is 17.6. The van der Waals surface area contributed by atoms with Crippen LogP contribution in [0.15, 0.2) is 78.0 Å². The maximum atomic E-state index is 13.1. The molecule has 1 aromatic heterocycles. The molecule has 3 aromatic carbocycles.